The van der Waals surface area contributed by atoms with Gasteiger partial charge in [-0.2, -0.15) is 0 Å². The molecule has 2 heterocycles. The Morgan fingerprint density at radius 1 is 1.04 bits per heavy atom. The van der Waals surface area contributed by atoms with Crippen molar-refractivity contribution in [2.24, 2.45) is 0 Å². The van der Waals surface area contributed by atoms with Crippen molar-refractivity contribution in [1.82, 2.24) is 4.90 Å². The quantitative estimate of drug-likeness (QED) is 0.454. The van der Waals surface area contributed by atoms with Gasteiger partial charge in [0.1, 0.15) is 5.70 Å². The molecule has 2 aliphatic heterocycles. The maximum Gasteiger partial charge on any atom is 0.278 e. The SMILES string of the molecule is CCCN1C(=O)C(c2ccc([N+](=O)[O-])cc2)=C(N2CCc3ccccc32)C1=O. The average molecular weight is 377 g/mol. The van der Waals surface area contributed by atoms with Crippen molar-refractivity contribution < 1.29 is 14.5 Å². The number of hydrogen-bond donors (Lipinski definition) is 0. The monoisotopic (exact) mass is 377 g/mol. The number of amides is 2. The first-order valence-corrected chi connectivity index (χ1v) is 9.23. The van der Waals surface area contributed by atoms with Crippen LogP contribution in [0.15, 0.2) is 54.2 Å². The smallest absolute Gasteiger partial charge is 0.278 e. The zero-order valence-corrected chi connectivity index (χ0v) is 15.4. The summed E-state index contributed by atoms with van der Waals surface area (Å²) < 4.78 is 0. The molecule has 2 amide bonds. The molecule has 2 aliphatic rings. The van der Waals surface area contributed by atoms with Gasteiger partial charge in [0.25, 0.3) is 17.5 Å². The molecule has 0 N–H and O–H groups in total. The van der Waals surface area contributed by atoms with Crippen LogP contribution in [-0.4, -0.2) is 34.7 Å². The highest BCUT2D eigenvalue weighted by Gasteiger charge is 2.42. The highest BCUT2D eigenvalue weighted by Crippen LogP contribution is 2.38. The van der Waals surface area contributed by atoms with Crippen LogP contribution in [0, 0.1) is 10.1 Å². The van der Waals surface area contributed by atoms with Crippen LogP contribution >= 0.6 is 0 Å². The third-order valence-corrected chi connectivity index (χ3v) is 5.11. The van der Waals surface area contributed by atoms with Crippen molar-refractivity contribution in [2.75, 3.05) is 18.0 Å². The Labute approximate surface area is 162 Å². The summed E-state index contributed by atoms with van der Waals surface area (Å²) in [5.41, 5.74) is 3.19. The van der Waals surface area contributed by atoms with Gasteiger partial charge in [-0.3, -0.25) is 24.6 Å². The number of nitro benzene ring substituents is 1. The van der Waals surface area contributed by atoms with Crippen molar-refractivity contribution >= 4 is 28.8 Å². The number of non-ortho nitro benzene ring substituents is 1. The van der Waals surface area contributed by atoms with Crippen LogP contribution in [-0.2, 0) is 16.0 Å². The molecule has 0 radical (unpaired) electrons. The number of nitro groups is 1. The Kier molecular flexibility index (Phi) is 4.43. The summed E-state index contributed by atoms with van der Waals surface area (Å²) in [7, 11) is 0. The minimum absolute atomic E-state index is 0.0559. The van der Waals surface area contributed by atoms with Gasteiger partial charge in [-0.15, -0.1) is 0 Å². The lowest BCUT2D eigenvalue weighted by molar-refractivity contribution is -0.384. The molecule has 2 aromatic carbocycles. The first kappa shape index (κ1) is 17.9. The molecule has 0 aromatic heterocycles. The van der Waals surface area contributed by atoms with Crippen LogP contribution < -0.4 is 4.90 Å². The first-order valence-electron chi connectivity index (χ1n) is 9.23. The van der Waals surface area contributed by atoms with Crippen LogP contribution in [0.2, 0.25) is 0 Å². The lowest BCUT2D eigenvalue weighted by Gasteiger charge is -2.21. The van der Waals surface area contributed by atoms with E-state index in [4.69, 9.17) is 0 Å². The van der Waals surface area contributed by atoms with Crippen molar-refractivity contribution in [3.05, 3.63) is 75.5 Å². The maximum absolute atomic E-state index is 13.2. The van der Waals surface area contributed by atoms with E-state index in [0.29, 0.717) is 36.3 Å². The van der Waals surface area contributed by atoms with Gasteiger partial charge in [0.05, 0.1) is 10.5 Å². The zero-order chi connectivity index (χ0) is 19.8. The van der Waals surface area contributed by atoms with Gasteiger partial charge in [0.2, 0.25) is 0 Å². The number of hydrogen-bond acceptors (Lipinski definition) is 5. The Morgan fingerprint density at radius 2 is 1.75 bits per heavy atom. The summed E-state index contributed by atoms with van der Waals surface area (Å²) in [4.78, 5) is 39.9. The lowest BCUT2D eigenvalue weighted by atomic mass is 10.0. The molecule has 28 heavy (non-hydrogen) atoms. The van der Waals surface area contributed by atoms with Gasteiger partial charge in [0.15, 0.2) is 0 Å². The van der Waals surface area contributed by atoms with Crippen LogP contribution in [0.1, 0.15) is 24.5 Å². The van der Waals surface area contributed by atoms with E-state index in [1.54, 1.807) is 0 Å². The number of anilines is 1. The number of para-hydroxylation sites is 1. The predicted octanol–water partition coefficient (Wildman–Crippen LogP) is 3.15. The second-order valence-corrected chi connectivity index (χ2v) is 6.82. The van der Waals surface area contributed by atoms with Gasteiger partial charge in [-0.1, -0.05) is 25.1 Å². The van der Waals surface area contributed by atoms with Crippen LogP contribution in [0.3, 0.4) is 0 Å². The summed E-state index contributed by atoms with van der Waals surface area (Å²) in [6, 6.07) is 13.6. The molecular formula is C21H19N3O4. The number of imide groups is 1. The third kappa shape index (κ3) is 2.76. The molecule has 0 aliphatic carbocycles. The molecule has 142 valence electrons. The molecule has 7 heteroatoms. The normalized spacial score (nSPS) is 16.2. The van der Waals surface area contributed by atoms with E-state index in [0.717, 1.165) is 17.7 Å². The lowest BCUT2D eigenvalue weighted by Crippen LogP contribution is -2.35. The first-order chi connectivity index (χ1) is 13.5. The van der Waals surface area contributed by atoms with Crippen molar-refractivity contribution in [1.29, 1.82) is 0 Å². The zero-order valence-electron chi connectivity index (χ0n) is 15.4. The maximum atomic E-state index is 13.2. The molecule has 0 atom stereocenters. The molecule has 0 unspecified atom stereocenters. The second-order valence-electron chi connectivity index (χ2n) is 6.82. The Morgan fingerprint density at radius 3 is 2.43 bits per heavy atom. The highest BCUT2D eigenvalue weighted by atomic mass is 16.6. The summed E-state index contributed by atoms with van der Waals surface area (Å²) in [5, 5.41) is 11.0. The van der Waals surface area contributed by atoms with Gasteiger partial charge in [-0.25, -0.2) is 0 Å². The van der Waals surface area contributed by atoms with Gasteiger partial charge in [0, 0.05) is 30.9 Å². The van der Waals surface area contributed by atoms with Crippen LogP contribution in [0.4, 0.5) is 11.4 Å². The van der Waals surface area contributed by atoms with E-state index in [1.165, 1.54) is 29.2 Å². The number of fused-ring (bicyclic) bond motifs is 1. The molecule has 4 rings (SSSR count). The highest BCUT2D eigenvalue weighted by molar-refractivity contribution is 6.36. The number of nitrogens with zero attached hydrogens (tertiary/aromatic N) is 3. The molecule has 2 aromatic rings. The Balaban J connectivity index is 1.85. The molecular weight excluding hydrogens is 358 g/mol. The molecule has 0 bridgehead atoms. The Bertz CT molecular complexity index is 1010. The van der Waals surface area contributed by atoms with Crippen LogP contribution in [0.5, 0.6) is 0 Å². The van der Waals surface area contributed by atoms with Gasteiger partial charge in [-0.05, 0) is 42.2 Å². The van der Waals surface area contributed by atoms with E-state index < -0.39 is 4.92 Å². The van der Waals surface area contributed by atoms with Crippen molar-refractivity contribution in [2.45, 2.75) is 19.8 Å². The average Bonchev–Trinajstić information content (AvgIpc) is 3.22. The van der Waals surface area contributed by atoms with E-state index in [1.807, 2.05) is 36.1 Å². The summed E-state index contributed by atoms with van der Waals surface area (Å²) in [6.45, 7) is 2.87. The number of rotatable bonds is 5. The largest absolute Gasteiger partial charge is 0.336 e. The minimum atomic E-state index is -0.485. The molecule has 0 saturated carbocycles. The predicted molar refractivity (Wildman–Crippen MR) is 105 cm³/mol. The Hall–Kier alpha value is -3.48. The van der Waals surface area contributed by atoms with E-state index in [2.05, 4.69) is 0 Å². The molecule has 0 spiro atoms. The fourth-order valence-electron chi connectivity index (χ4n) is 3.82. The van der Waals surface area contributed by atoms with E-state index in [9.17, 15) is 19.7 Å². The van der Waals surface area contributed by atoms with Crippen LogP contribution in [0.25, 0.3) is 5.57 Å². The van der Waals surface area contributed by atoms with E-state index in [-0.39, 0.29) is 17.5 Å². The topological polar surface area (TPSA) is 83.8 Å². The number of carbonyl (C=O) groups excluding carboxylic acids is 2. The summed E-state index contributed by atoms with van der Waals surface area (Å²) in [5.74, 6) is -0.656. The number of benzene rings is 2. The molecule has 0 fully saturated rings. The number of carbonyl (C=O) groups is 2. The third-order valence-electron chi connectivity index (χ3n) is 5.11. The molecule has 0 saturated heterocycles. The minimum Gasteiger partial charge on any atom is -0.336 e. The summed E-state index contributed by atoms with van der Waals surface area (Å²) in [6.07, 6.45) is 1.46. The standard InChI is InChI=1S/C21H19N3O4/c1-2-12-23-20(25)18(15-7-9-16(10-8-15)24(27)28)19(21(23)26)22-13-11-14-5-3-4-6-17(14)22/h3-10H,2,11-13H2,1H3. The van der Waals surface area contributed by atoms with E-state index >= 15 is 0 Å². The fourth-order valence-corrected chi connectivity index (χ4v) is 3.82. The van der Waals surface area contributed by atoms with Gasteiger partial charge < -0.3 is 4.90 Å². The molecule has 7 nitrogen and oxygen atoms in total. The van der Waals surface area contributed by atoms with Crippen molar-refractivity contribution in [3.8, 4) is 0 Å². The second kappa shape index (κ2) is 6.92. The van der Waals surface area contributed by atoms with Crippen molar-refractivity contribution in [3.63, 3.8) is 0 Å². The summed E-state index contributed by atoms with van der Waals surface area (Å²) >= 11 is 0. The fraction of sp³-hybridized carbons (Fsp3) is 0.238. The van der Waals surface area contributed by atoms with Gasteiger partial charge >= 0.3 is 0 Å².